The first-order chi connectivity index (χ1) is 12.1. The third kappa shape index (κ3) is 3.77. The van der Waals surface area contributed by atoms with Gasteiger partial charge in [0, 0.05) is 18.0 Å². The average Bonchev–Trinajstić information content (AvgIpc) is 2.98. The van der Waals surface area contributed by atoms with Crippen molar-refractivity contribution in [1.82, 2.24) is 19.9 Å². The molecule has 2 aromatic heterocycles. The number of hydrogen-bond donors (Lipinski definition) is 2. The van der Waals surface area contributed by atoms with Gasteiger partial charge in [-0.15, -0.1) is 10.2 Å². The van der Waals surface area contributed by atoms with Gasteiger partial charge in [0.25, 0.3) is 0 Å². The molecule has 0 spiro atoms. The molecule has 0 bridgehead atoms. The molecule has 0 unspecified atom stereocenters. The summed E-state index contributed by atoms with van der Waals surface area (Å²) in [4.78, 5) is 16.3. The zero-order valence-electron chi connectivity index (χ0n) is 13.3. The van der Waals surface area contributed by atoms with E-state index in [4.69, 9.17) is 5.84 Å². The molecule has 25 heavy (non-hydrogen) atoms. The second-order valence-electron chi connectivity index (χ2n) is 5.15. The summed E-state index contributed by atoms with van der Waals surface area (Å²) in [5.41, 5.74) is 0.845. The van der Waals surface area contributed by atoms with Gasteiger partial charge in [-0.05, 0) is 31.2 Å². The number of carbonyl (C=O) groups is 1. The second kappa shape index (κ2) is 7.31. The van der Waals surface area contributed by atoms with E-state index in [0.29, 0.717) is 16.5 Å². The van der Waals surface area contributed by atoms with Gasteiger partial charge >= 0.3 is 0 Å². The number of nitrogens with one attached hydrogen (secondary N) is 1. The number of carbonyl (C=O) groups excluding carboxylic acids is 1. The first-order valence-electron chi connectivity index (χ1n) is 7.39. The molecule has 3 aromatic rings. The zero-order chi connectivity index (χ0) is 17.8. The van der Waals surface area contributed by atoms with E-state index >= 15 is 0 Å². The fourth-order valence-corrected chi connectivity index (χ4v) is 2.83. The van der Waals surface area contributed by atoms with Crippen molar-refractivity contribution >= 4 is 23.4 Å². The van der Waals surface area contributed by atoms with Crippen molar-refractivity contribution in [3.63, 3.8) is 0 Å². The standard InChI is InChI=1S/C16H15FN6OS/c1-10(15(24)20-13-7-3-2-6-12(13)17)25-16-22-21-14(23(16)18)11-5-4-8-19-9-11/h2-10H,18H2,1H3,(H,20,24)/t10-/m1/s1. The monoisotopic (exact) mass is 358 g/mol. The van der Waals surface area contributed by atoms with Gasteiger partial charge in [0.05, 0.1) is 10.9 Å². The Kier molecular flexibility index (Phi) is 4.94. The molecule has 0 saturated heterocycles. The lowest BCUT2D eigenvalue weighted by Crippen LogP contribution is -2.24. The Morgan fingerprint density at radius 3 is 2.80 bits per heavy atom. The maximum atomic E-state index is 13.6. The molecule has 0 radical (unpaired) electrons. The summed E-state index contributed by atoms with van der Waals surface area (Å²) < 4.78 is 14.9. The molecule has 3 N–H and O–H groups in total. The lowest BCUT2D eigenvalue weighted by molar-refractivity contribution is -0.115. The molecule has 128 valence electrons. The highest BCUT2D eigenvalue weighted by Crippen LogP contribution is 2.25. The number of anilines is 1. The van der Waals surface area contributed by atoms with E-state index in [1.165, 1.54) is 16.8 Å². The first-order valence-corrected chi connectivity index (χ1v) is 8.27. The molecule has 1 aromatic carbocycles. The van der Waals surface area contributed by atoms with Gasteiger partial charge < -0.3 is 11.2 Å². The van der Waals surface area contributed by atoms with Crippen LogP contribution in [0.1, 0.15) is 6.92 Å². The molecule has 0 aliphatic carbocycles. The number of hydrogen-bond acceptors (Lipinski definition) is 6. The van der Waals surface area contributed by atoms with Crippen LogP contribution in [0, 0.1) is 5.82 Å². The highest BCUT2D eigenvalue weighted by molar-refractivity contribution is 8.00. The van der Waals surface area contributed by atoms with E-state index in [1.807, 2.05) is 6.07 Å². The minimum atomic E-state index is -0.548. The molecule has 0 aliphatic rings. The predicted molar refractivity (Wildman–Crippen MR) is 93.8 cm³/mol. The number of nitrogens with two attached hydrogens (primary N) is 1. The van der Waals surface area contributed by atoms with E-state index < -0.39 is 11.1 Å². The topological polar surface area (TPSA) is 98.7 Å². The van der Waals surface area contributed by atoms with Gasteiger partial charge in [-0.1, -0.05) is 23.9 Å². The summed E-state index contributed by atoms with van der Waals surface area (Å²) in [6, 6.07) is 9.55. The lowest BCUT2D eigenvalue weighted by atomic mass is 10.3. The number of para-hydroxylation sites is 1. The number of nitrogen functional groups attached to an aromatic ring is 1. The number of thioether (sulfide) groups is 1. The summed E-state index contributed by atoms with van der Waals surface area (Å²) in [5.74, 6) is 5.60. The molecule has 7 nitrogen and oxygen atoms in total. The van der Waals surface area contributed by atoms with Crippen molar-refractivity contribution in [2.45, 2.75) is 17.3 Å². The van der Waals surface area contributed by atoms with Crippen LogP contribution in [0.3, 0.4) is 0 Å². The molecule has 9 heteroatoms. The predicted octanol–water partition coefficient (Wildman–Crippen LogP) is 2.31. The third-order valence-electron chi connectivity index (χ3n) is 3.37. The molecule has 0 saturated carbocycles. The average molecular weight is 358 g/mol. The van der Waals surface area contributed by atoms with Crippen LogP contribution in [0.15, 0.2) is 53.9 Å². The number of amides is 1. The van der Waals surface area contributed by atoms with Crippen LogP contribution in [-0.2, 0) is 4.79 Å². The summed E-state index contributed by atoms with van der Waals surface area (Å²) >= 11 is 1.13. The fourth-order valence-electron chi connectivity index (χ4n) is 2.06. The van der Waals surface area contributed by atoms with Crippen molar-refractivity contribution in [2.24, 2.45) is 0 Å². The molecular weight excluding hydrogens is 343 g/mol. The zero-order valence-corrected chi connectivity index (χ0v) is 14.1. The minimum absolute atomic E-state index is 0.130. The van der Waals surface area contributed by atoms with E-state index in [-0.39, 0.29) is 11.6 Å². The van der Waals surface area contributed by atoms with Crippen LogP contribution in [0.2, 0.25) is 0 Å². The van der Waals surface area contributed by atoms with E-state index in [2.05, 4.69) is 20.5 Å². The van der Waals surface area contributed by atoms with E-state index in [1.54, 1.807) is 37.5 Å². The molecule has 0 fully saturated rings. The van der Waals surface area contributed by atoms with Crippen LogP contribution in [0.25, 0.3) is 11.4 Å². The number of rotatable bonds is 5. The molecular formula is C16H15FN6OS. The summed E-state index contributed by atoms with van der Waals surface area (Å²) in [7, 11) is 0. The minimum Gasteiger partial charge on any atom is -0.335 e. The normalized spacial score (nSPS) is 11.9. The van der Waals surface area contributed by atoms with Crippen LogP contribution in [0.4, 0.5) is 10.1 Å². The molecule has 1 amide bonds. The van der Waals surface area contributed by atoms with Crippen molar-refractivity contribution in [3.8, 4) is 11.4 Å². The maximum Gasteiger partial charge on any atom is 0.237 e. The molecule has 0 aliphatic heterocycles. The van der Waals surface area contributed by atoms with Gasteiger partial charge in [0.1, 0.15) is 5.82 Å². The van der Waals surface area contributed by atoms with Gasteiger partial charge in [0.2, 0.25) is 11.1 Å². The second-order valence-corrected chi connectivity index (χ2v) is 6.46. The largest absolute Gasteiger partial charge is 0.335 e. The van der Waals surface area contributed by atoms with Gasteiger partial charge in [-0.2, -0.15) is 0 Å². The Morgan fingerprint density at radius 2 is 2.08 bits per heavy atom. The highest BCUT2D eigenvalue weighted by Gasteiger charge is 2.20. The highest BCUT2D eigenvalue weighted by atomic mass is 32.2. The van der Waals surface area contributed by atoms with Gasteiger partial charge in [0.15, 0.2) is 5.82 Å². The Hall–Kier alpha value is -2.94. The van der Waals surface area contributed by atoms with Crippen molar-refractivity contribution in [2.75, 3.05) is 11.2 Å². The Morgan fingerprint density at radius 1 is 1.28 bits per heavy atom. The Labute approximate surface area is 147 Å². The number of halogens is 1. The Bertz CT molecular complexity index is 885. The quantitative estimate of drug-likeness (QED) is 0.536. The summed E-state index contributed by atoms with van der Waals surface area (Å²) in [6.45, 7) is 1.68. The van der Waals surface area contributed by atoms with Crippen LogP contribution in [-0.4, -0.2) is 31.0 Å². The maximum absolute atomic E-state index is 13.6. The van der Waals surface area contributed by atoms with Crippen molar-refractivity contribution in [1.29, 1.82) is 0 Å². The smallest absolute Gasteiger partial charge is 0.237 e. The SMILES string of the molecule is C[C@@H](Sc1nnc(-c2cccnc2)n1N)C(=O)Nc1ccccc1F. The summed E-state index contributed by atoms with van der Waals surface area (Å²) in [6.07, 6.45) is 3.27. The summed E-state index contributed by atoms with van der Waals surface area (Å²) in [5, 5.41) is 10.4. The molecule has 3 rings (SSSR count). The third-order valence-corrected chi connectivity index (χ3v) is 4.42. The molecule has 1 atom stereocenters. The number of nitrogens with zero attached hydrogens (tertiary/aromatic N) is 4. The fraction of sp³-hybridized carbons (Fsp3) is 0.125. The van der Waals surface area contributed by atoms with Gasteiger partial charge in [-0.3, -0.25) is 9.78 Å². The lowest BCUT2D eigenvalue weighted by Gasteiger charge is -2.12. The van der Waals surface area contributed by atoms with Crippen LogP contribution >= 0.6 is 11.8 Å². The number of pyridine rings is 1. The first kappa shape index (κ1) is 16.9. The molecule has 2 heterocycles. The van der Waals surface area contributed by atoms with Crippen molar-refractivity contribution < 1.29 is 9.18 Å². The van der Waals surface area contributed by atoms with Crippen LogP contribution < -0.4 is 11.2 Å². The van der Waals surface area contributed by atoms with E-state index in [0.717, 1.165) is 11.8 Å². The van der Waals surface area contributed by atoms with E-state index in [9.17, 15) is 9.18 Å². The van der Waals surface area contributed by atoms with Crippen LogP contribution in [0.5, 0.6) is 0 Å². The van der Waals surface area contributed by atoms with Gasteiger partial charge in [-0.25, -0.2) is 9.07 Å². The number of benzene rings is 1. The Balaban J connectivity index is 1.71. The number of aromatic nitrogens is 4. The van der Waals surface area contributed by atoms with Crippen molar-refractivity contribution in [3.05, 3.63) is 54.6 Å².